The van der Waals surface area contributed by atoms with Gasteiger partial charge < -0.3 is 10.1 Å². The maximum atomic E-state index is 13.7. The van der Waals surface area contributed by atoms with E-state index in [1.807, 2.05) is 6.92 Å². The molecule has 2 atom stereocenters. The van der Waals surface area contributed by atoms with Gasteiger partial charge in [-0.15, -0.1) is 0 Å². The van der Waals surface area contributed by atoms with Gasteiger partial charge in [-0.3, -0.25) is 0 Å². The van der Waals surface area contributed by atoms with Gasteiger partial charge in [-0.2, -0.15) is 0 Å². The monoisotopic (exact) mass is 243 g/mol. The molecule has 1 rings (SSSR count). The summed E-state index contributed by atoms with van der Waals surface area (Å²) in [7, 11) is 3.35. The molecule has 0 fully saturated rings. The van der Waals surface area contributed by atoms with Crippen LogP contribution in [0.4, 0.5) is 8.78 Å². The van der Waals surface area contributed by atoms with Gasteiger partial charge >= 0.3 is 0 Å². The fourth-order valence-corrected chi connectivity index (χ4v) is 2.00. The van der Waals surface area contributed by atoms with E-state index in [-0.39, 0.29) is 12.1 Å². The predicted molar refractivity (Wildman–Crippen MR) is 63.9 cm³/mol. The molecule has 2 nitrogen and oxygen atoms in total. The molecule has 96 valence electrons. The molecule has 0 aromatic heterocycles. The molecule has 0 aliphatic carbocycles. The zero-order valence-corrected chi connectivity index (χ0v) is 10.5. The summed E-state index contributed by atoms with van der Waals surface area (Å²) in [4.78, 5) is 0. The molecule has 1 aromatic carbocycles. The molecule has 0 saturated carbocycles. The van der Waals surface area contributed by atoms with Crippen molar-refractivity contribution in [1.29, 1.82) is 0 Å². The first kappa shape index (κ1) is 14.1. The molecule has 0 amide bonds. The number of halogens is 2. The van der Waals surface area contributed by atoms with Crippen molar-refractivity contribution in [3.63, 3.8) is 0 Å². The first-order valence-electron chi connectivity index (χ1n) is 5.79. The van der Waals surface area contributed by atoms with Crippen molar-refractivity contribution >= 4 is 0 Å². The van der Waals surface area contributed by atoms with Crippen LogP contribution in [0, 0.1) is 11.6 Å². The van der Waals surface area contributed by atoms with E-state index >= 15 is 0 Å². The van der Waals surface area contributed by atoms with E-state index < -0.39 is 11.6 Å². The third-order valence-corrected chi connectivity index (χ3v) is 2.86. The van der Waals surface area contributed by atoms with Crippen LogP contribution in [0.5, 0.6) is 0 Å². The lowest BCUT2D eigenvalue weighted by molar-refractivity contribution is 0.0619. The van der Waals surface area contributed by atoms with Gasteiger partial charge in [0.25, 0.3) is 0 Å². The van der Waals surface area contributed by atoms with Crippen LogP contribution in [0.1, 0.15) is 31.4 Å². The van der Waals surface area contributed by atoms with Crippen LogP contribution in [-0.2, 0) is 4.74 Å². The highest BCUT2D eigenvalue weighted by Crippen LogP contribution is 2.24. The van der Waals surface area contributed by atoms with Crippen molar-refractivity contribution in [3.05, 3.63) is 35.4 Å². The van der Waals surface area contributed by atoms with Gasteiger partial charge in [-0.25, -0.2) is 8.78 Å². The van der Waals surface area contributed by atoms with Gasteiger partial charge in [0, 0.05) is 18.7 Å². The number of rotatable bonds is 6. The van der Waals surface area contributed by atoms with Crippen molar-refractivity contribution in [3.8, 4) is 0 Å². The van der Waals surface area contributed by atoms with Gasteiger partial charge in [-0.05, 0) is 19.5 Å². The molecule has 0 bridgehead atoms. The van der Waals surface area contributed by atoms with Crippen LogP contribution in [0.15, 0.2) is 18.2 Å². The second-order valence-corrected chi connectivity index (χ2v) is 4.00. The summed E-state index contributed by atoms with van der Waals surface area (Å²) in [6.45, 7) is 2.04. The number of hydrogen-bond donors (Lipinski definition) is 1. The summed E-state index contributed by atoms with van der Waals surface area (Å²) in [5, 5.41) is 3.03. The van der Waals surface area contributed by atoms with E-state index in [9.17, 15) is 8.78 Å². The van der Waals surface area contributed by atoms with E-state index in [2.05, 4.69) is 5.32 Å². The minimum absolute atomic E-state index is 0.120. The first-order chi connectivity index (χ1) is 8.13. The molecule has 1 N–H and O–H groups in total. The highest BCUT2D eigenvalue weighted by Gasteiger charge is 2.23. The Morgan fingerprint density at radius 2 is 2.06 bits per heavy atom. The molecule has 0 spiro atoms. The number of benzene rings is 1. The second kappa shape index (κ2) is 6.67. The SMILES string of the molecule is CCCC(OC)C(NC)c1ccc(F)cc1F. The molecule has 2 unspecified atom stereocenters. The Kier molecular flexibility index (Phi) is 5.51. The summed E-state index contributed by atoms with van der Waals surface area (Å²) >= 11 is 0. The molecule has 4 heteroatoms. The maximum absolute atomic E-state index is 13.7. The summed E-state index contributed by atoms with van der Waals surface area (Å²) < 4.78 is 31.9. The van der Waals surface area contributed by atoms with Gasteiger partial charge in [-0.1, -0.05) is 19.4 Å². The number of nitrogens with one attached hydrogen (secondary N) is 1. The van der Waals surface area contributed by atoms with Crippen LogP contribution in [-0.4, -0.2) is 20.3 Å². The van der Waals surface area contributed by atoms with Crippen LogP contribution >= 0.6 is 0 Å². The fourth-order valence-electron chi connectivity index (χ4n) is 2.00. The van der Waals surface area contributed by atoms with Gasteiger partial charge in [0.1, 0.15) is 11.6 Å². The normalized spacial score (nSPS) is 14.6. The summed E-state index contributed by atoms with van der Waals surface area (Å²) in [5.41, 5.74) is 0.439. The van der Waals surface area contributed by atoms with E-state index in [1.54, 1.807) is 14.2 Å². The molecular formula is C13H19F2NO. The highest BCUT2D eigenvalue weighted by atomic mass is 19.1. The molecular weight excluding hydrogens is 224 g/mol. The van der Waals surface area contributed by atoms with E-state index in [0.29, 0.717) is 5.56 Å². The number of likely N-dealkylation sites (N-methyl/N-ethyl adjacent to an activating group) is 1. The van der Waals surface area contributed by atoms with Crippen molar-refractivity contribution in [2.24, 2.45) is 0 Å². The third kappa shape index (κ3) is 3.48. The second-order valence-electron chi connectivity index (χ2n) is 4.00. The molecule has 17 heavy (non-hydrogen) atoms. The maximum Gasteiger partial charge on any atom is 0.130 e. The standard InChI is InChI=1S/C13H19F2NO/c1-4-5-12(17-3)13(16-2)10-7-6-9(14)8-11(10)15/h6-8,12-13,16H,4-5H2,1-3H3. The molecule has 0 aliphatic rings. The van der Waals surface area contributed by atoms with Gasteiger partial charge in [0.15, 0.2) is 0 Å². The smallest absolute Gasteiger partial charge is 0.130 e. The van der Waals surface area contributed by atoms with Crippen LogP contribution in [0.2, 0.25) is 0 Å². The topological polar surface area (TPSA) is 21.3 Å². The van der Waals surface area contributed by atoms with Crippen LogP contribution in [0.3, 0.4) is 0 Å². The van der Waals surface area contributed by atoms with Crippen molar-refractivity contribution in [2.75, 3.05) is 14.2 Å². The van der Waals surface area contributed by atoms with Gasteiger partial charge in [0.2, 0.25) is 0 Å². The molecule has 0 heterocycles. The highest BCUT2D eigenvalue weighted by molar-refractivity contribution is 5.23. The number of methoxy groups -OCH3 is 1. The summed E-state index contributed by atoms with van der Waals surface area (Å²) in [6.07, 6.45) is 1.64. The molecule has 0 saturated heterocycles. The minimum atomic E-state index is -0.564. The number of ether oxygens (including phenoxy) is 1. The lowest BCUT2D eigenvalue weighted by atomic mass is 9.97. The third-order valence-electron chi connectivity index (χ3n) is 2.86. The van der Waals surface area contributed by atoms with Crippen LogP contribution in [0.25, 0.3) is 0 Å². The van der Waals surface area contributed by atoms with E-state index in [0.717, 1.165) is 18.9 Å². The Bertz CT molecular complexity index is 357. The quantitative estimate of drug-likeness (QED) is 0.829. The summed E-state index contributed by atoms with van der Waals surface area (Å²) in [5.74, 6) is -1.10. The van der Waals surface area contributed by atoms with Crippen LogP contribution < -0.4 is 5.32 Å². The largest absolute Gasteiger partial charge is 0.379 e. The van der Waals surface area contributed by atoms with E-state index in [1.165, 1.54) is 12.1 Å². The summed E-state index contributed by atoms with van der Waals surface area (Å²) in [6, 6.07) is 3.37. The Balaban J connectivity index is 2.99. The van der Waals surface area contributed by atoms with Crippen molar-refractivity contribution in [2.45, 2.75) is 31.9 Å². The minimum Gasteiger partial charge on any atom is -0.379 e. The zero-order valence-electron chi connectivity index (χ0n) is 10.5. The Hall–Kier alpha value is -1.00. The lowest BCUT2D eigenvalue weighted by Crippen LogP contribution is -2.31. The number of hydrogen-bond acceptors (Lipinski definition) is 2. The van der Waals surface area contributed by atoms with Gasteiger partial charge in [0.05, 0.1) is 12.1 Å². The average molecular weight is 243 g/mol. The zero-order chi connectivity index (χ0) is 12.8. The molecule has 0 radical (unpaired) electrons. The van der Waals surface area contributed by atoms with E-state index in [4.69, 9.17) is 4.74 Å². The molecule has 0 aliphatic heterocycles. The lowest BCUT2D eigenvalue weighted by Gasteiger charge is -2.26. The Morgan fingerprint density at radius 1 is 1.35 bits per heavy atom. The van der Waals surface area contributed by atoms with Crippen molar-refractivity contribution in [1.82, 2.24) is 5.32 Å². The Morgan fingerprint density at radius 3 is 2.53 bits per heavy atom. The fraction of sp³-hybridized carbons (Fsp3) is 0.538. The first-order valence-corrected chi connectivity index (χ1v) is 5.79. The Labute approximate surface area is 101 Å². The predicted octanol–water partition coefficient (Wildman–Crippen LogP) is 3.04. The van der Waals surface area contributed by atoms with Crippen molar-refractivity contribution < 1.29 is 13.5 Å². The molecule has 1 aromatic rings. The average Bonchev–Trinajstić information content (AvgIpc) is 2.31.